The van der Waals surface area contributed by atoms with Gasteiger partial charge in [0, 0.05) is 23.7 Å². The topological polar surface area (TPSA) is 140 Å². The Bertz CT molecular complexity index is 1140. The van der Waals surface area contributed by atoms with Gasteiger partial charge in [-0.3, -0.25) is 13.9 Å². The molecule has 1 saturated heterocycles. The predicted octanol–water partition coefficient (Wildman–Crippen LogP) is -1.05. The van der Waals surface area contributed by atoms with Gasteiger partial charge in [-0.1, -0.05) is 5.16 Å². The summed E-state index contributed by atoms with van der Waals surface area (Å²) < 4.78 is 25.4. The molecule has 0 aliphatic carbocycles. The van der Waals surface area contributed by atoms with Crippen molar-refractivity contribution in [2.45, 2.75) is 31.1 Å². The molecule has 3 heterocycles. The standard InChI is InChI=1S/C17H16FN3O7/c18-8-1-2-9-10(19-28-11(9)5-8)6-21-13(23)3-4-20(17(21)26)16-15(25)14(24)12(7-22)27-16/h1-5,12,14-16,22,24-25H,6-7H2/t12-,14+,15?,16-/m1/s1. The zero-order chi connectivity index (χ0) is 20.0. The van der Waals surface area contributed by atoms with Crippen LogP contribution in [0, 0.1) is 5.82 Å². The maximum absolute atomic E-state index is 13.3. The van der Waals surface area contributed by atoms with Crippen LogP contribution in [0.1, 0.15) is 11.9 Å². The molecule has 3 aromatic rings. The van der Waals surface area contributed by atoms with Crippen LogP contribution in [0.25, 0.3) is 11.0 Å². The molecule has 4 rings (SSSR count). The second-order valence-electron chi connectivity index (χ2n) is 6.43. The average molecular weight is 393 g/mol. The third kappa shape index (κ3) is 2.94. The molecule has 28 heavy (non-hydrogen) atoms. The van der Waals surface area contributed by atoms with Crippen LogP contribution in [0.15, 0.2) is 44.6 Å². The fraction of sp³-hybridized carbons (Fsp3) is 0.353. The molecule has 1 fully saturated rings. The Balaban J connectivity index is 1.73. The van der Waals surface area contributed by atoms with Crippen LogP contribution in [0.2, 0.25) is 0 Å². The van der Waals surface area contributed by atoms with Gasteiger partial charge < -0.3 is 24.6 Å². The van der Waals surface area contributed by atoms with Crippen LogP contribution in [-0.4, -0.2) is 54.5 Å². The number of rotatable bonds is 4. The fourth-order valence-electron chi connectivity index (χ4n) is 3.21. The largest absolute Gasteiger partial charge is 0.394 e. The molecule has 0 radical (unpaired) electrons. The van der Waals surface area contributed by atoms with Crippen molar-refractivity contribution in [3.63, 3.8) is 0 Å². The molecule has 10 nitrogen and oxygen atoms in total. The number of hydrogen-bond donors (Lipinski definition) is 3. The van der Waals surface area contributed by atoms with Crippen molar-refractivity contribution in [3.05, 3.63) is 62.8 Å². The van der Waals surface area contributed by atoms with E-state index in [1.54, 1.807) is 0 Å². The van der Waals surface area contributed by atoms with Gasteiger partial charge in [0.2, 0.25) is 0 Å². The zero-order valence-corrected chi connectivity index (χ0v) is 14.3. The lowest BCUT2D eigenvalue weighted by molar-refractivity contribution is -0.0555. The number of nitrogens with zero attached hydrogens (tertiary/aromatic N) is 3. The number of halogens is 1. The van der Waals surface area contributed by atoms with E-state index in [4.69, 9.17) is 9.26 Å². The maximum atomic E-state index is 13.3. The van der Waals surface area contributed by atoms with Crippen molar-refractivity contribution in [1.82, 2.24) is 14.3 Å². The molecule has 0 bridgehead atoms. The highest BCUT2D eigenvalue weighted by molar-refractivity contribution is 5.79. The number of hydrogen-bond acceptors (Lipinski definition) is 8. The monoisotopic (exact) mass is 393 g/mol. The Hall–Kier alpha value is -2.86. The summed E-state index contributed by atoms with van der Waals surface area (Å²) in [5.74, 6) is -0.515. The summed E-state index contributed by atoms with van der Waals surface area (Å²) in [7, 11) is 0. The molecule has 1 aliphatic rings. The van der Waals surface area contributed by atoms with E-state index < -0.39 is 48.2 Å². The van der Waals surface area contributed by atoms with Crippen molar-refractivity contribution >= 4 is 11.0 Å². The lowest BCUT2D eigenvalue weighted by atomic mass is 10.1. The van der Waals surface area contributed by atoms with E-state index in [2.05, 4.69) is 5.16 Å². The highest BCUT2D eigenvalue weighted by Gasteiger charge is 2.43. The maximum Gasteiger partial charge on any atom is 0.333 e. The molecule has 0 saturated carbocycles. The molecule has 0 spiro atoms. The zero-order valence-electron chi connectivity index (χ0n) is 14.3. The Morgan fingerprint density at radius 3 is 2.68 bits per heavy atom. The van der Waals surface area contributed by atoms with Gasteiger partial charge >= 0.3 is 5.69 Å². The van der Waals surface area contributed by atoms with Crippen molar-refractivity contribution in [1.29, 1.82) is 0 Å². The van der Waals surface area contributed by atoms with Crippen molar-refractivity contribution in [2.75, 3.05) is 6.61 Å². The molecule has 2 aromatic heterocycles. The van der Waals surface area contributed by atoms with Crippen LogP contribution in [0.3, 0.4) is 0 Å². The first-order valence-electron chi connectivity index (χ1n) is 8.39. The van der Waals surface area contributed by atoms with E-state index in [-0.39, 0.29) is 17.8 Å². The Kier molecular flexibility index (Phi) is 4.59. The smallest absolute Gasteiger partial charge is 0.333 e. The van der Waals surface area contributed by atoms with Gasteiger partial charge in [-0.15, -0.1) is 0 Å². The average Bonchev–Trinajstić information content (AvgIpc) is 3.20. The summed E-state index contributed by atoms with van der Waals surface area (Å²) in [5.41, 5.74) is -1.04. The van der Waals surface area contributed by atoms with E-state index in [0.29, 0.717) is 5.39 Å². The fourth-order valence-corrected chi connectivity index (χ4v) is 3.21. The number of ether oxygens (including phenoxy) is 1. The van der Waals surface area contributed by atoms with E-state index in [1.165, 1.54) is 12.1 Å². The molecular weight excluding hydrogens is 377 g/mol. The van der Waals surface area contributed by atoms with Crippen molar-refractivity contribution < 1.29 is 29.0 Å². The number of fused-ring (bicyclic) bond motifs is 1. The number of aliphatic hydroxyl groups excluding tert-OH is 3. The molecular formula is C17H16FN3O7. The van der Waals surface area contributed by atoms with Crippen LogP contribution < -0.4 is 11.2 Å². The summed E-state index contributed by atoms with van der Waals surface area (Å²) in [6, 6.07) is 4.86. The predicted molar refractivity (Wildman–Crippen MR) is 91.0 cm³/mol. The molecule has 1 aromatic carbocycles. The first kappa shape index (κ1) is 18.5. The van der Waals surface area contributed by atoms with Gasteiger partial charge in [0.25, 0.3) is 5.56 Å². The minimum atomic E-state index is -1.48. The normalized spacial score (nSPS) is 24.9. The van der Waals surface area contributed by atoms with E-state index >= 15 is 0 Å². The van der Waals surface area contributed by atoms with Gasteiger partial charge in [-0.25, -0.2) is 9.18 Å². The molecule has 11 heteroatoms. The SMILES string of the molecule is O=c1ccn([C@@H]2O[C@H](CO)[C@H](O)C2O)c(=O)n1Cc1noc2cc(F)ccc12. The van der Waals surface area contributed by atoms with Gasteiger partial charge in [-0.2, -0.15) is 0 Å². The Labute approximate surface area is 155 Å². The van der Waals surface area contributed by atoms with E-state index in [1.807, 2.05) is 0 Å². The minimum absolute atomic E-state index is 0.169. The lowest BCUT2D eigenvalue weighted by Gasteiger charge is -2.18. The van der Waals surface area contributed by atoms with Crippen LogP contribution >= 0.6 is 0 Å². The molecule has 148 valence electrons. The first-order chi connectivity index (χ1) is 13.4. The number of aromatic nitrogens is 3. The van der Waals surface area contributed by atoms with Crippen LogP contribution in [0.4, 0.5) is 4.39 Å². The van der Waals surface area contributed by atoms with Crippen LogP contribution in [-0.2, 0) is 11.3 Å². The van der Waals surface area contributed by atoms with Gasteiger partial charge in [-0.05, 0) is 12.1 Å². The summed E-state index contributed by atoms with van der Waals surface area (Å²) in [6.45, 7) is -0.809. The van der Waals surface area contributed by atoms with E-state index in [9.17, 15) is 29.3 Å². The molecule has 1 unspecified atom stereocenters. The highest BCUT2D eigenvalue weighted by Crippen LogP contribution is 2.28. The second kappa shape index (κ2) is 6.95. The number of aliphatic hydroxyl groups is 3. The third-order valence-electron chi connectivity index (χ3n) is 4.70. The quantitative estimate of drug-likeness (QED) is 0.510. The van der Waals surface area contributed by atoms with Gasteiger partial charge in [0.05, 0.1) is 13.2 Å². The minimum Gasteiger partial charge on any atom is -0.394 e. The summed E-state index contributed by atoms with van der Waals surface area (Å²) in [6.07, 6.45) is -4.08. The number of benzene rings is 1. The molecule has 4 atom stereocenters. The molecule has 3 N–H and O–H groups in total. The summed E-state index contributed by atoms with van der Waals surface area (Å²) >= 11 is 0. The Morgan fingerprint density at radius 2 is 1.96 bits per heavy atom. The molecule has 1 aliphatic heterocycles. The van der Waals surface area contributed by atoms with Crippen molar-refractivity contribution in [2.24, 2.45) is 0 Å². The summed E-state index contributed by atoms with van der Waals surface area (Å²) in [4.78, 5) is 25.0. The second-order valence-corrected chi connectivity index (χ2v) is 6.43. The Morgan fingerprint density at radius 1 is 1.18 bits per heavy atom. The van der Waals surface area contributed by atoms with Crippen LogP contribution in [0.5, 0.6) is 0 Å². The van der Waals surface area contributed by atoms with Gasteiger partial charge in [0.1, 0.15) is 29.8 Å². The summed E-state index contributed by atoms with van der Waals surface area (Å²) in [5, 5.41) is 33.4. The third-order valence-corrected chi connectivity index (χ3v) is 4.70. The lowest BCUT2D eigenvalue weighted by Crippen LogP contribution is -2.43. The molecule has 0 amide bonds. The first-order valence-corrected chi connectivity index (χ1v) is 8.39. The van der Waals surface area contributed by atoms with Crippen molar-refractivity contribution in [3.8, 4) is 0 Å². The highest BCUT2D eigenvalue weighted by atomic mass is 19.1. The van der Waals surface area contributed by atoms with E-state index in [0.717, 1.165) is 27.5 Å². The van der Waals surface area contributed by atoms with Gasteiger partial charge in [0.15, 0.2) is 11.8 Å².